The zero-order valence-electron chi connectivity index (χ0n) is 14.1. The second-order valence-electron chi connectivity index (χ2n) is 6.06. The number of hydrazone groups is 1. The first-order valence-electron chi connectivity index (χ1n) is 8.23. The van der Waals surface area contributed by atoms with E-state index in [1.54, 1.807) is 24.4 Å². The van der Waals surface area contributed by atoms with E-state index in [1.165, 1.54) is 0 Å². The average Bonchev–Trinajstić information content (AvgIpc) is 2.65. The molecule has 1 amide bonds. The van der Waals surface area contributed by atoms with Gasteiger partial charge in [0.05, 0.1) is 17.8 Å². The number of rotatable bonds is 5. The number of carbonyl (C=O) groups excluding carboxylic acids is 2. The van der Waals surface area contributed by atoms with E-state index in [2.05, 4.69) is 15.8 Å². The number of alkyl halides is 3. The molecule has 0 aliphatic carbocycles. The van der Waals surface area contributed by atoms with Crippen molar-refractivity contribution in [2.24, 2.45) is 5.10 Å². The fourth-order valence-electron chi connectivity index (χ4n) is 2.81. The van der Waals surface area contributed by atoms with Crippen molar-refractivity contribution in [3.8, 4) is 0 Å². The third-order valence-corrected chi connectivity index (χ3v) is 4.20. The number of halogens is 3. The number of benzene rings is 2. The third-order valence-electron chi connectivity index (χ3n) is 4.20. The summed E-state index contributed by atoms with van der Waals surface area (Å²) in [6, 6.07) is 9.11. The van der Waals surface area contributed by atoms with Crippen molar-refractivity contribution in [2.75, 3.05) is 5.32 Å². The van der Waals surface area contributed by atoms with E-state index >= 15 is 0 Å². The number of aldehydes is 1. The Kier molecular flexibility index (Phi) is 5.25. The van der Waals surface area contributed by atoms with E-state index in [9.17, 15) is 22.8 Å². The summed E-state index contributed by atoms with van der Waals surface area (Å²) in [7, 11) is 0. The minimum Gasteiger partial charge on any atom is -0.322 e. The molecule has 1 aliphatic heterocycles. The molecule has 2 aromatic rings. The molecule has 0 aromatic heterocycles. The number of anilines is 1. The van der Waals surface area contributed by atoms with Crippen molar-refractivity contribution in [1.29, 1.82) is 0 Å². The minimum atomic E-state index is -4.45. The second kappa shape index (κ2) is 7.61. The summed E-state index contributed by atoms with van der Waals surface area (Å²) in [4.78, 5) is 22.9. The largest absolute Gasteiger partial charge is 0.416 e. The summed E-state index contributed by atoms with van der Waals surface area (Å²) in [5.74, 6) is -0.509. The molecule has 0 saturated carbocycles. The number of carbonyl (C=O) groups is 2. The molecule has 5 nitrogen and oxygen atoms in total. The van der Waals surface area contributed by atoms with Crippen molar-refractivity contribution in [3.63, 3.8) is 0 Å². The molecule has 0 spiro atoms. The number of fused-ring (bicyclic) bond motifs is 1. The predicted octanol–water partition coefficient (Wildman–Crippen LogP) is 3.92. The van der Waals surface area contributed by atoms with Gasteiger partial charge in [0.25, 0.3) is 5.91 Å². The lowest BCUT2D eigenvalue weighted by Gasteiger charge is -2.23. The molecule has 1 unspecified atom stereocenters. The van der Waals surface area contributed by atoms with Crippen LogP contribution in [0.2, 0.25) is 0 Å². The van der Waals surface area contributed by atoms with Crippen LogP contribution in [-0.2, 0) is 11.0 Å². The van der Waals surface area contributed by atoms with Crippen molar-refractivity contribution >= 4 is 24.1 Å². The third kappa shape index (κ3) is 4.33. The van der Waals surface area contributed by atoms with Gasteiger partial charge in [0.2, 0.25) is 0 Å². The van der Waals surface area contributed by atoms with E-state index in [-0.39, 0.29) is 11.6 Å². The lowest BCUT2D eigenvalue weighted by molar-refractivity contribution is -0.137. The van der Waals surface area contributed by atoms with Gasteiger partial charge >= 0.3 is 6.18 Å². The van der Waals surface area contributed by atoms with Crippen LogP contribution in [-0.4, -0.2) is 18.4 Å². The smallest absolute Gasteiger partial charge is 0.322 e. The number of hydrogen-bond acceptors (Lipinski definition) is 4. The van der Waals surface area contributed by atoms with Crippen LogP contribution < -0.4 is 10.7 Å². The Balaban J connectivity index is 1.77. The summed E-state index contributed by atoms with van der Waals surface area (Å²) in [5, 5.41) is 6.73. The zero-order chi connectivity index (χ0) is 19.4. The van der Waals surface area contributed by atoms with E-state index in [4.69, 9.17) is 0 Å². The molecule has 0 saturated heterocycles. The first kappa shape index (κ1) is 18.6. The molecule has 27 heavy (non-hydrogen) atoms. The quantitative estimate of drug-likeness (QED) is 0.779. The Labute approximate surface area is 153 Å². The maximum Gasteiger partial charge on any atom is 0.416 e. The number of nitrogens with zero attached hydrogens (tertiary/aromatic N) is 1. The molecule has 140 valence electrons. The monoisotopic (exact) mass is 375 g/mol. The first-order valence-corrected chi connectivity index (χ1v) is 8.23. The standard InChI is InChI=1S/C19H16F3N3O2/c20-19(21,22)14-6-3-12(4-7-14)18(27)24-15-8-5-13-11-23-25-17(2-1-9-26)16(13)10-15/h3-11,17,25H,1-2H2,(H,24,27). The lowest BCUT2D eigenvalue weighted by atomic mass is 9.96. The zero-order valence-corrected chi connectivity index (χ0v) is 14.1. The summed E-state index contributed by atoms with van der Waals surface area (Å²) >= 11 is 0. The molecular formula is C19H16F3N3O2. The summed E-state index contributed by atoms with van der Waals surface area (Å²) in [6.45, 7) is 0. The van der Waals surface area contributed by atoms with Gasteiger partial charge in [-0.05, 0) is 53.9 Å². The van der Waals surface area contributed by atoms with Crippen LogP contribution in [0.4, 0.5) is 18.9 Å². The lowest BCUT2D eigenvalue weighted by Crippen LogP contribution is -2.22. The predicted molar refractivity (Wildman–Crippen MR) is 94.6 cm³/mol. The number of amides is 1. The second-order valence-corrected chi connectivity index (χ2v) is 6.06. The van der Waals surface area contributed by atoms with Gasteiger partial charge in [-0.25, -0.2) is 0 Å². The van der Waals surface area contributed by atoms with Gasteiger partial charge in [0.1, 0.15) is 6.29 Å². The summed E-state index contributed by atoms with van der Waals surface area (Å²) in [6.07, 6.45) is -1.04. The highest BCUT2D eigenvalue weighted by Gasteiger charge is 2.30. The number of hydrogen-bond donors (Lipinski definition) is 2. The molecule has 8 heteroatoms. The SMILES string of the molecule is O=CCCC1NN=Cc2ccc(NC(=O)c3ccc(C(F)(F)F)cc3)cc21. The van der Waals surface area contributed by atoms with Gasteiger partial charge < -0.3 is 15.5 Å². The number of nitrogens with one attached hydrogen (secondary N) is 2. The topological polar surface area (TPSA) is 70.6 Å². The highest BCUT2D eigenvalue weighted by atomic mass is 19.4. The fourth-order valence-corrected chi connectivity index (χ4v) is 2.81. The van der Waals surface area contributed by atoms with Crippen molar-refractivity contribution < 1.29 is 22.8 Å². The molecule has 0 fully saturated rings. The normalized spacial score (nSPS) is 15.6. The average molecular weight is 375 g/mol. The van der Waals surface area contributed by atoms with Crippen LogP contribution in [0.1, 0.15) is 45.9 Å². The highest BCUT2D eigenvalue weighted by Crippen LogP contribution is 2.30. The van der Waals surface area contributed by atoms with E-state index in [1.807, 2.05) is 0 Å². The van der Waals surface area contributed by atoms with Gasteiger partial charge in [-0.3, -0.25) is 4.79 Å². The molecule has 1 aliphatic rings. The van der Waals surface area contributed by atoms with Crippen LogP contribution in [0.15, 0.2) is 47.6 Å². The molecule has 3 rings (SSSR count). The van der Waals surface area contributed by atoms with Crippen LogP contribution in [0.25, 0.3) is 0 Å². The molecule has 1 atom stereocenters. The maximum absolute atomic E-state index is 12.6. The molecule has 1 heterocycles. The van der Waals surface area contributed by atoms with E-state index in [0.717, 1.165) is 41.7 Å². The molecular weight excluding hydrogens is 359 g/mol. The Morgan fingerprint density at radius 2 is 1.93 bits per heavy atom. The summed E-state index contributed by atoms with van der Waals surface area (Å²) < 4.78 is 37.8. The molecule has 2 N–H and O–H groups in total. The fraction of sp³-hybridized carbons (Fsp3) is 0.211. The van der Waals surface area contributed by atoms with Crippen LogP contribution in [0, 0.1) is 0 Å². The first-order chi connectivity index (χ1) is 12.9. The van der Waals surface area contributed by atoms with Gasteiger partial charge in [-0.1, -0.05) is 6.07 Å². The van der Waals surface area contributed by atoms with Crippen LogP contribution in [0.5, 0.6) is 0 Å². The van der Waals surface area contributed by atoms with Crippen molar-refractivity contribution in [2.45, 2.75) is 25.1 Å². The van der Waals surface area contributed by atoms with E-state index < -0.39 is 17.6 Å². The van der Waals surface area contributed by atoms with Crippen LogP contribution >= 0.6 is 0 Å². The Hall–Kier alpha value is -3.16. The van der Waals surface area contributed by atoms with Crippen molar-refractivity contribution in [3.05, 3.63) is 64.7 Å². The van der Waals surface area contributed by atoms with Gasteiger partial charge in [-0.2, -0.15) is 18.3 Å². The van der Waals surface area contributed by atoms with Gasteiger partial charge in [-0.15, -0.1) is 0 Å². The highest BCUT2D eigenvalue weighted by molar-refractivity contribution is 6.04. The van der Waals surface area contributed by atoms with Gasteiger partial charge in [0, 0.05) is 17.7 Å². The van der Waals surface area contributed by atoms with Gasteiger partial charge in [0.15, 0.2) is 0 Å². The molecule has 0 radical (unpaired) electrons. The Bertz CT molecular complexity index is 877. The Morgan fingerprint density at radius 1 is 1.19 bits per heavy atom. The molecule has 0 bridgehead atoms. The maximum atomic E-state index is 12.6. The molecule has 2 aromatic carbocycles. The van der Waals surface area contributed by atoms with Crippen LogP contribution in [0.3, 0.4) is 0 Å². The van der Waals surface area contributed by atoms with E-state index in [0.29, 0.717) is 18.5 Å². The van der Waals surface area contributed by atoms with Crippen molar-refractivity contribution in [1.82, 2.24) is 5.43 Å². The summed E-state index contributed by atoms with van der Waals surface area (Å²) in [5.41, 5.74) is 4.51. The Morgan fingerprint density at radius 3 is 2.59 bits per heavy atom. The minimum absolute atomic E-state index is 0.123.